The molecule has 6 aliphatic rings. The molecule has 6 amide bonds. The molecule has 0 spiro atoms. The van der Waals surface area contributed by atoms with Gasteiger partial charge >= 0.3 is 579 Å². The topological polar surface area (TPSA) is 306 Å². The van der Waals surface area contributed by atoms with E-state index in [2.05, 4.69) is 158 Å². The fraction of sp³-hybridized carbons (Fsp3) is 0.304. The summed E-state index contributed by atoms with van der Waals surface area (Å²) in [5.74, 6) is 3.16. The van der Waals surface area contributed by atoms with E-state index in [-0.39, 0.29) is 74.6 Å². The number of aromatic amines is 1. The minimum atomic E-state index is -0.319. The summed E-state index contributed by atoms with van der Waals surface area (Å²) < 4.78 is 0. The summed E-state index contributed by atoms with van der Waals surface area (Å²) in [6.45, 7) is 32.6. The molecule has 6 aliphatic heterocycles. The van der Waals surface area contributed by atoms with Crippen molar-refractivity contribution in [2.75, 3.05) is 31.9 Å². The molecule has 29 heteroatoms. The number of pyridine rings is 3. The number of hydrogen-bond acceptors (Lipinski definition) is 15. The Balaban J connectivity index is 0.000000146. The van der Waals surface area contributed by atoms with Gasteiger partial charge in [-0.05, 0) is 0 Å². The monoisotopic (exact) mass is 1300 g/mol. The average molecular weight is 1300 g/mol. The average Bonchev–Trinajstić information content (AvgIpc) is 1.72. The van der Waals surface area contributed by atoms with Crippen LogP contribution >= 0.6 is 0 Å². The molecule has 7 aromatic heterocycles. The number of carbonyl (C=O) groups excluding carboxylic acids is 6. The van der Waals surface area contributed by atoms with Crippen molar-refractivity contribution in [1.82, 2.24) is 50.1 Å². The Morgan fingerprint density at radius 1 is 0.357 bits per heavy atom. The second-order valence-corrected chi connectivity index (χ2v) is 25.6. The summed E-state index contributed by atoms with van der Waals surface area (Å²) in [6, 6.07) is 15.4. The molecule has 0 atom stereocenters. The van der Waals surface area contributed by atoms with Gasteiger partial charge in [0.2, 0.25) is 0 Å². The first kappa shape index (κ1) is 73.6. The molecular formula is C69H70B7N16O6. The Morgan fingerprint density at radius 3 is 1.43 bits per heavy atom. The maximum absolute atomic E-state index is 11.2. The van der Waals surface area contributed by atoms with Crippen molar-refractivity contribution in [3.05, 3.63) is 157 Å². The summed E-state index contributed by atoms with van der Waals surface area (Å²) >= 11 is 0. The molecule has 0 saturated carbocycles. The molecule has 0 saturated heterocycles. The summed E-state index contributed by atoms with van der Waals surface area (Å²) in [4.78, 5) is 99.7. The minimum absolute atomic E-state index is 0.141. The number of benzene rings is 1. The van der Waals surface area contributed by atoms with E-state index in [1.807, 2.05) is 76.2 Å². The van der Waals surface area contributed by atoms with Crippen LogP contribution in [0, 0.1) is 5.11 Å². The Hall–Kier alpha value is -10.2. The van der Waals surface area contributed by atoms with Gasteiger partial charge in [-0.1, -0.05) is 0 Å². The van der Waals surface area contributed by atoms with Gasteiger partial charge in [-0.3, -0.25) is 0 Å². The molecule has 98 heavy (non-hydrogen) atoms. The van der Waals surface area contributed by atoms with Crippen LogP contribution in [0.3, 0.4) is 0 Å². The van der Waals surface area contributed by atoms with Crippen LogP contribution in [0.1, 0.15) is 212 Å². The number of fused-ring (bicyclic) bond motifs is 7. The third-order valence-electron chi connectivity index (χ3n) is 15.9. The van der Waals surface area contributed by atoms with E-state index in [0.717, 1.165) is 56.5 Å². The van der Waals surface area contributed by atoms with E-state index in [0.29, 0.717) is 102 Å². The molecule has 0 fully saturated rings. The SMILES string of the molecule is [B]=C1C(=O)Nc2cc(C(C)C)ccc21.[B]=C1C(=O)Nc2cc(C(C)C)cnc21.[B]=C1C(=O)Nc2cc(C(C)C)ncc21.[B]=C1C(=O)Nc2nc(C(C)C)ccc21.[B]=C1C(=O)Nc2nc(C(C)C)cnc21.[B]=C1C(=O)Nc2nc(C(C)C)ncc21.[B]=c1c(=C)[nH]c2cc(C(C)C)nnc12. The van der Waals surface area contributed by atoms with E-state index in [1.54, 1.807) is 24.8 Å². The number of amides is 6. The molecule has 483 valence electrons. The Labute approximate surface area is 576 Å². The van der Waals surface area contributed by atoms with Gasteiger partial charge in [0, 0.05) is 0 Å². The Morgan fingerprint density at radius 2 is 0.827 bits per heavy atom. The fourth-order valence-electron chi connectivity index (χ4n) is 9.66. The maximum atomic E-state index is 11.2. The number of aromatic nitrogens is 10. The zero-order chi connectivity index (χ0) is 72.0. The summed E-state index contributed by atoms with van der Waals surface area (Å²) in [5, 5.41) is 25.4. The van der Waals surface area contributed by atoms with Crippen LogP contribution in [0.5, 0.6) is 0 Å². The predicted octanol–water partition coefficient (Wildman–Crippen LogP) is 5.38. The van der Waals surface area contributed by atoms with Crippen LogP contribution in [-0.4, -0.2) is 171 Å². The van der Waals surface area contributed by atoms with E-state index < -0.39 is 0 Å². The van der Waals surface area contributed by atoms with E-state index in [9.17, 15) is 28.8 Å². The number of nitrogens with one attached hydrogen (secondary N) is 7. The van der Waals surface area contributed by atoms with E-state index in [1.165, 1.54) is 5.56 Å². The molecule has 0 bridgehead atoms. The van der Waals surface area contributed by atoms with Crippen molar-refractivity contribution in [3.63, 3.8) is 0 Å². The number of anilines is 6. The predicted molar refractivity (Wildman–Crippen MR) is 396 cm³/mol. The van der Waals surface area contributed by atoms with Crippen molar-refractivity contribution in [1.29, 1.82) is 0 Å². The van der Waals surface area contributed by atoms with Gasteiger partial charge in [0.1, 0.15) is 0 Å². The van der Waals surface area contributed by atoms with Gasteiger partial charge in [0.15, 0.2) is 0 Å². The van der Waals surface area contributed by atoms with Crippen molar-refractivity contribution < 1.29 is 28.8 Å². The van der Waals surface area contributed by atoms with Crippen molar-refractivity contribution >= 4 is 173 Å². The van der Waals surface area contributed by atoms with E-state index >= 15 is 0 Å². The number of carbonyl (C=O) groups is 6. The molecule has 14 rings (SSSR count). The van der Waals surface area contributed by atoms with Gasteiger partial charge < -0.3 is 0 Å². The third kappa shape index (κ3) is 16.6. The molecule has 7 radical (unpaired) electrons. The number of hydrogen-bond donors (Lipinski definition) is 7. The van der Waals surface area contributed by atoms with Crippen LogP contribution < -0.4 is 37.2 Å². The van der Waals surface area contributed by atoms with Crippen molar-refractivity contribution in [2.24, 2.45) is 0 Å². The first-order chi connectivity index (χ1) is 46.1. The first-order valence-corrected chi connectivity index (χ1v) is 31.7. The molecule has 13 heterocycles. The van der Waals surface area contributed by atoms with Gasteiger partial charge in [-0.25, -0.2) is 0 Å². The van der Waals surface area contributed by atoms with Crippen molar-refractivity contribution in [2.45, 2.75) is 138 Å². The molecule has 0 aliphatic carbocycles. The van der Waals surface area contributed by atoms with E-state index in [4.69, 9.17) is 52.4 Å². The second kappa shape index (κ2) is 30.9. The van der Waals surface area contributed by atoms with Gasteiger partial charge in [0.25, 0.3) is 0 Å². The molecule has 7 N–H and O–H groups in total. The standard InChI is InChI=1S/C11H11BNO.C10H11BN3.3C10H10BN2O.2C9H9BN3O/c1-6(2)7-3-4-8-9(5-7)13-11(14)10(8)12;1-5(2)7-4-8-10(14-13-7)9(11)6(3)12-8;1-5(2)7-3-8-6(4-12-7)9(11)10(14)13-8;1-5(2)6-3-7-9(12-4-6)8(11)10(14)13-7;1-5(2)7-4-3-6-8(11)10(14)13-9(6)12-7;1-4(2)7-11-3-5-6(10)9(14)13-8(5)12-7;1-4(2)5-3-11-7-6(10)9(14)13-8(7)12-5/h3-6H,1-2H3,(H,13,14);4-5,12H,3H2,1-2H3;2*3-5H,1-2H3,(H,13,14);3-5H,1-2H3,(H,12,13,14);3-4H,1-2H3,(H,11,12,13,14);3-4H,1-2H3,(H,12,13,14). The Bertz CT molecular complexity index is 4170. The number of nitrogens with zero attached hydrogens (tertiary/aromatic N) is 9. The van der Waals surface area contributed by atoms with Gasteiger partial charge in [-0.2, -0.15) is 0 Å². The number of H-pyrrole nitrogens is 1. The molecule has 1 aromatic carbocycles. The van der Waals surface area contributed by atoms with Crippen LogP contribution in [0.4, 0.5) is 34.5 Å². The summed E-state index contributed by atoms with van der Waals surface area (Å²) in [5.41, 5.74) is 15.2. The van der Waals surface area contributed by atoms with Crippen LogP contribution in [0.2, 0.25) is 0 Å². The van der Waals surface area contributed by atoms with Crippen molar-refractivity contribution in [3.8, 4) is 0 Å². The summed E-state index contributed by atoms with van der Waals surface area (Å²) in [7, 11) is 39.2. The molecule has 8 aromatic rings. The zero-order valence-corrected chi connectivity index (χ0v) is 57.2. The summed E-state index contributed by atoms with van der Waals surface area (Å²) in [6.07, 6.45) is 6.65. The van der Waals surface area contributed by atoms with Gasteiger partial charge in [-0.15, -0.1) is 0 Å². The van der Waals surface area contributed by atoms with Crippen LogP contribution in [0.15, 0.2) is 73.3 Å². The third-order valence-corrected chi connectivity index (χ3v) is 15.9. The van der Waals surface area contributed by atoms with Crippen LogP contribution in [-0.2, 0) is 28.8 Å². The number of rotatable bonds is 7. The molecule has 0 unspecified atom stereocenters. The molecule has 22 nitrogen and oxygen atoms in total. The fourth-order valence-corrected chi connectivity index (χ4v) is 9.66. The van der Waals surface area contributed by atoms with Crippen LogP contribution in [0.25, 0.3) is 17.6 Å². The Kier molecular flexibility index (Phi) is 23.2. The quantitative estimate of drug-likeness (QED) is 0.0986. The zero-order valence-electron chi connectivity index (χ0n) is 57.2. The normalized spacial score (nSPS) is 14.0. The first-order valence-electron chi connectivity index (χ1n) is 31.7. The van der Waals surface area contributed by atoms with Gasteiger partial charge in [0.05, 0.1) is 0 Å². The second-order valence-electron chi connectivity index (χ2n) is 25.6. The molecular weight excluding hydrogens is 1220 g/mol.